The molecule has 1 fully saturated rings. The minimum absolute atomic E-state index is 0.00168. The zero-order chi connectivity index (χ0) is 29.6. The highest BCUT2D eigenvalue weighted by Crippen LogP contribution is 2.52. The van der Waals surface area contributed by atoms with Crippen molar-refractivity contribution in [2.24, 2.45) is 0 Å². The van der Waals surface area contributed by atoms with Crippen LogP contribution in [0.3, 0.4) is 0 Å². The van der Waals surface area contributed by atoms with Crippen molar-refractivity contribution in [3.8, 4) is 16.9 Å². The van der Waals surface area contributed by atoms with Gasteiger partial charge >= 0.3 is 6.36 Å². The standard InChI is InChI=1S/C31H25ClF3N3O4/c32-22-14-20(15-23(16-22)42-31(33,34)35)18-5-4-6-19(13-18)26(39)28(41)38-12-9-25-24(17-38)27(40)37-29(36-25)30(10-11-30)21-7-2-1-3-8-21/h1-8,13-16,26,39H,9-12,17H2,(H,36,37,40)/t26-/m1/s1. The second kappa shape index (κ2) is 10.6. The van der Waals surface area contributed by atoms with Gasteiger partial charge in [-0.25, -0.2) is 4.98 Å². The highest BCUT2D eigenvalue weighted by Gasteiger charge is 2.48. The average molecular weight is 596 g/mol. The number of aromatic nitrogens is 2. The Kier molecular flexibility index (Phi) is 7.06. The molecule has 42 heavy (non-hydrogen) atoms. The van der Waals surface area contributed by atoms with Gasteiger partial charge in [-0.1, -0.05) is 60.1 Å². The van der Waals surface area contributed by atoms with Crippen molar-refractivity contribution in [3.05, 3.63) is 116 Å². The van der Waals surface area contributed by atoms with Crippen molar-refractivity contribution < 1.29 is 27.8 Å². The van der Waals surface area contributed by atoms with E-state index in [0.717, 1.165) is 24.5 Å². The molecule has 1 aliphatic heterocycles. The number of carbonyl (C=O) groups is 1. The van der Waals surface area contributed by atoms with Gasteiger partial charge in [0.05, 0.1) is 23.2 Å². The molecule has 216 valence electrons. The molecule has 6 rings (SSSR count). The quantitative estimate of drug-likeness (QED) is 0.299. The van der Waals surface area contributed by atoms with Crippen LogP contribution in [0.1, 0.15) is 47.2 Å². The van der Waals surface area contributed by atoms with Crippen LogP contribution in [0, 0.1) is 0 Å². The van der Waals surface area contributed by atoms with Gasteiger partial charge in [-0.15, -0.1) is 13.2 Å². The molecule has 0 bridgehead atoms. The van der Waals surface area contributed by atoms with Crippen molar-refractivity contribution in [2.75, 3.05) is 6.54 Å². The van der Waals surface area contributed by atoms with Crippen molar-refractivity contribution in [3.63, 3.8) is 0 Å². The summed E-state index contributed by atoms with van der Waals surface area (Å²) in [6.45, 7) is 0.265. The largest absolute Gasteiger partial charge is 0.573 e. The lowest BCUT2D eigenvalue weighted by Crippen LogP contribution is -2.42. The van der Waals surface area contributed by atoms with Gasteiger partial charge in [-0.3, -0.25) is 9.59 Å². The summed E-state index contributed by atoms with van der Waals surface area (Å²) in [6, 6.07) is 19.8. The molecule has 1 saturated carbocycles. The Morgan fingerprint density at radius 2 is 1.81 bits per heavy atom. The summed E-state index contributed by atoms with van der Waals surface area (Å²) < 4.78 is 42.2. The van der Waals surface area contributed by atoms with E-state index in [1.807, 2.05) is 30.3 Å². The molecule has 11 heteroatoms. The summed E-state index contributed by atoms with van der Waals surface area (Å²) in [4.78, 5) is 35.7. The number of H-pyrrole nitrogens is 1. The number of aliphatic hydroxyl groups excluding tert-OH is 1. The molecule has 1 aliphatic carbocycles. The predicted molar refractivity (Wildman–Crippen MR) is 149 cm³/mol. The Labute approximate surface area is 243 Å². The Morgan fingerprint density at radius 3 is 2.52 bits per heavy atom. The van der Waals surface area contributed by atoms with Crippen LogP contribution in [0.25, 0.3) is 11.1 Å². The first-order chi connectivity index (χ1) is 20.0. The highest BCUT2D eigenvalue weighted by atomic mass is 35.5. The molecular formula is C31H25ClF3N3O4. The van der Waals surface area contributed by atoms with Crippen LogP contribution < -0.4 is 10.3 Å². The molecular weight excluding hydrogens is 571 g/mol. The summed E-state index contributed by atoms with van der Waals surface area (Å²) >= 11 is 6.02. The summed E-state index contributed by atoms with van der Waals surface area (Å²) in [5.41, 5.74) is 2.52. The second-order valence-corrected chi connectivity index (χ2v) is 11.0. The molecule has 2 aliphatic rings. The third-order valence-electron chi connectivity index (χ3n) is 7.78. The van der Waals surface area contributed by atoms with Crippen LogP contribution in [0.5, 0.6) is 5.75 Å². The molecule has 1 atom stereocenters. The van der Waals surface area contributed by atoms with Crippen molar-refractivity contribution in [1.29, 1.82) is 0 Å². The van der Waals surface area contributed by atoms with Gasteiger partial charge in [-0.2, -0.15) is 0 Å². The average Bonchev–Trinajstić information content (AvgIpc) is 3.78. The van der Waals surface area contributed by atoms with Gasteiger partial charge in [0.15, 0.2) is 6.10 Å². The Morgan fingerprint density at radius 1 is 1.05 bits per heavy atom. The number of hydrogen-bond acceptors (Lipinski definition) is 5. The number of fused-ring (bicyclic) bond motifs is 1. The zero-order valence-corrected chi connectivity index (χ0v) is 22.9. The van der Waals surface area contributed by atoms with Crippen molar-refractivity contribution in [2.45, 2.75) is 43.7 Å². The number of ether oxygens (including phenoxy) is 1. The lowest BCUT2D eigenvalue weighted by molar-refractivity contribution is -0.274. The lowest BCUT2D eigenvalue weighted by atomic mass is 9.94. The van der Waals surface area contributed by atoms with E-state index in [9.17, 15) is 27.9 Å². The smallest absolute Gasteiger partial charge is 0.406 e. The minimum Gasteiger partial charge on any atom is -0.406 e. The number of nitrogens with zero attached hydrogens (tertiary/aromatic N) is 2. The van der Waals surface area contributed by atoms with Crippen LogP contribution in [0.15, 0.2) is 77.6 Å². The van der Waals surface area contributed by atoms with Crippen molar-refractivity contribution >= 4 is 17.5 Å². The van der Waals surface area contributed by atoms with E-state index in [-0.39, 0.29) is 34.6 Å². The molecule has 0 saturated heterocycles. The number of aliphatic hydroxyl groups is 1. The number of rotatable bonds is 6. The Hall–Kier alpha value is -4.15. The fourth-order valence-electron chi connectivity index (χ4n) is 5.51. The highest BCUT2D eigenvalue weighted by molar-refractivity contribution is 6.31. The molecule has 2 heterocycles. The number of halogens is 4. The summed E-state index contributed by atoms with van der Waals surface area (Å²) in [6.07, 6.45) is -4.31. The van der Waals surface area contributed by atoms with Gasteiger partial charge in [0.25, 0.3) is 11.5 Å². The number of benzene rings is 3. The first-order valence-electron chi connectivity index (χ1n) is 13.3. The number of hydrogen-bond donors (Lipinski definition) is 2. The zero-order valence-electron chi connectivity index (χ0n) is 22.1. The number of amides is 1. The minimum atomic E-state index is -4.89. The van der Waals surface area contributed by atoms with E-state index in [0.29, 0.717) is 34.6 Å². The van der Waals surface area contributed by atoms with E-state index in [4.69, 9.17) is 16.6 Å². The van der Waals surface area contributed by atoms with Gasteiger partial charge in [-0.05, 0) is 59.4 Å². The van der Waals surface area contributed by atoms with E-state index in [1.54, 1.807) is 18.2 Å². The lowest BCUT2D eigenvalue weighted by Gasteiger charge is -2.30. The first-order valence-corrected chi connectivity index (χ1v) is 13.7. The molecule has 0 radical (unpaired) electrons. The fraction of sp³-hybridized carbons (Fsp3) is 0.258. The SMILES string of the molecule is O=C([C@H](O)c1cccc(-c2cc(Cl)cc(OC(F)(F)F)c2)c1)N1CCc2nc(C3(c4ccccc4)CC3)[nH]c(=O)c2C1. The maximum Gasteiger partial charge on any atom is 0.573 e. The fourth-order valence-corrected chi connectivity index (χ4v) is 5.74. The van der Waals surface area contributed by atoms with E-state index in [2.05, 4.69) is 9.72 Å². The van der Waals surface area contributed by atoms with Gasteiger partial charge in [0, 0.05) is 18.0 Å². The third-order valence-corrected chi connectivity index (χ3v) is 8.00. The van der Waals surface area contributed by atoms with E-state index >= 15 is 0 Å². The number of nitrogens with one attached hydrogen (secondary N) is 1. The molecule has 1 aromatic heterocycles. The van der Waals surface area contributed by atoms with E-state index < -0.39 is 24.1 Å². The molecule has 1 amide bonds. The maximum absolute atomic E-state index is 13.3. The summed E-state index contributed by atoms with van der Waals surface area (Å²) in [5.74, 6) is -0.451. The van der Waals surface area contributed by atoms with E-state index in [1.165, 1.54) is 23.1 Å². The predicted octanol–water partition coefficient (Wildman–Crippen LogP) is 5.69. The van der Waals surface area contributed by atoms with Crippen LogP contribution in [0.2, 0.25) is 5.02 Å². The first kappa shape index (κ1) is 28.0. The molecule has 0 spiro atoms. The van der Waals surface area contributed by atoms with Gasteiger partial charge in [0.1, 0.15) is 11.6 Å². The molecule has 4 aromatic rings. The Balaban J connectivity index is 1.21. The third kappa shape index (κ3) is 5.52. The van der Waals surface area contributed by atoms with Crippen LogP contribution >= 0.6 is 11.6 Å². The van der Waals surface area contributed by atoms with Crippen LogP contribution in [-0.4, -0.2) is 38.8 Å². The second-order valence-electron chi connectivity index (χ2n) is 10.5. The van der Waals surface area contributed by atoms with Crippen LogP contribution in [0.4, 0.5) is 13.2 Å². The Bertz CT molecular complexity index is 1720. The number of alkyl halides is 3. The molecule has 0 unspecified atom stereocenters. The van der Waals surface area contributed by atoms with Crippen molar-refractivity contribution in [1.82, 2.24) is 14.9 Å². The monoisotopic (exact) mass is 595 g/mol. The topological polar surface area (TPSA) is 95.5 Å². The number of aromatic amines is 1. The normalized spacial score (nSPS) is 16.5. The number of carbonyl (C=O) groups excluding carboxylic acids is 1. The maximum atomic E-state index is 13.3. The van der Waals surface area contributed by atoms with Gasteiger partial charge in [0.2, 0.25) is 0 Å². The molecule has 2 N–H and O–H groups in total. The molecule has 3 aromatic carbocycles. The molecule has 7 nitrogen and oxygen atoms in total. The van der Waals surface area contributed by atoms with Crippen LogP contribution in [-0.2, 0) is 23.2 Å². The summed E-state index contributed by atoms with van der Waals surface area (Å²) in [7, 11) is 0. The summed E-state index contributed by atoms with van der Waals surface area (Å²) in [5, 5.41) is 11.0. The van der Waals surface area contributed by atoms with Gasteiger partial charge < -0.3 is 19.7 Å².